The second-order valence-corrected chi connectivity index (χ2v) is 8.93. The van der Waals surface area contributed by atoms with E-state index in [1.54, 1.807) is 0 Å². The number of hydrogen-bond acceptors (Lipinski definition) is 3. The van der Waals surface area contributed by atoms with Crippen molar-refractivity contribution in [3.8, 4) is 0 Å². The van der Waals surface area contributed by atoms with Crippen LogP contribution < -0.4 is 5.32 Å². The summed E-state index contributed by atoms with van der Waals surface area (Å²) in [7, 11) is 0. The highest BCUT2D eigenvalue weighted by atomic mass is 16.2. The van der Waals surface area contributed by atoms with Crippen LogP contribution in [0.1, 0.15) is 71.6 Å². The van der Waals surface area contributed by atoms with Gasteiger partial charge in [0.2, 0.25) is 17.7 Å². The molecule has 3 amide bonds. The van der Waals surface area contributed by atoms with Crippen molar-refractivity contribution in [3.63, 3.8) is 0 Å². The standard InChI is InChI=1S/C22H34N2O3/c1-15(2)14-19(20(25)23-13-7-10-16-8-3-4-9-16)24-21(26)17-11-5-6-12-18(17)22(24)27/h5-6,15-19H,3-4,7-14H2,1-2H3,(H,23,25). The number of likely N-dealkylation sites (tertiary alicyclic amines) is 1. The number of imide groups is 1. The molecular formula is C22H34N2O3. The van der Waals surface area contributed by atoms with Crippen molar-refractivity contribution >= 4 is 17.7 Å². The van der Waals surface area contributed by atoms with Crippen LogP contribution in [0.15, 0.2) is 12.2 Å². The lowest BCUT2D eigenvalue weighted by molar-refractivity contribution is -0.148. The van der Waals surface area contributed by atoms with Gasteiger partial charge in [-0.1, -0.05) is 51.7 Å². The smallest absolute Gasteiger partial charge is 0.243 e. The molecule has 2 fully saturated rings. The van der Waals surface area contributed by atoms with Crippen molar-refractivity contribution in [2.45, 2.75) is 77.7 Å². The van der Waals surface area contributed by atoms with Gasteiger partial charge in [-0.25, -0.2) is 0 Å². The van der Waals surface area contributed by atoms with Crippen LogP contribution in [0.3, 0.4) is 0 Å². The average Bonchev–Trinajstić information content (AvgIpc) is 3.25. The summed E-state index contributed by atoms with van der Waals surface area (Å²) in [6.45, 7) is 4.69. The van der Waals surface area contributed by atoms with Crippen LogP contribution in [0.4, 0.5) is 0 Å². The summed E-state index contributed by atoms with van der Waals surface area (Å²) in [6, 6.07) is -0.665. The van der Waals surface area contributed by atoms with E-state index in [-0.39, 0.29) is 35.5 Å². The molecule has 1 saturated heterocycles. The molecule has 150 valence electrons. The van der Waals surface area contributed by atoms with Gasteiger partial charge >= 0.3 is 0 Å². The molecule has 1 heterocycles. The first kappa shape index (κ1) is 20.1. The first-order valence-corrected chi connectivity index (χ1v) is 10.8. The molecule has 0 aromatic heterocycles. The summed E-state index contributed by atoms with van der Waals surface area (Å²) in [6.07, 6.45) is 13.2. The van der Waals surface area contributed by atoms with E-state index in [0.717, 1.165) is 18.8 Å². The summed E-state index contributed by atoms with van der Waals surface area (Å²) < 4.78 is 0. The molecule has 3 unspecified atom stereocenters. The van der Waals surface area contributed by atoms with Gasteiger partial charge in [0.25, 0.3) is 0 Å². The molecular weight excluding hydrogens is 340 g/mol. The Morgan fingerprint density at radius 3 is 2.26 bits per heavy atom. The fourth-order valence-electron chi connectivity index (χ4n) is 4.93. The number of fused-ring (bicyclic) bond motifs is 1. The van der Waals surface area contributed by atoms with E-state index >= 15 is 0 Å². The van der Waals surface area contributed by atoms with Crippen LogP contribution in [0.5, 0.6) is 0 Å². The zero-order valence-corrected chi connectivity index (χ0v) is 16.8. The third-order valence-electron chi connectivity index (χ3n) is 6.41. The van der Waals surface area contributed by atoms with Gasteiger partial charge in [0.05, 0.1) is 11.8 Å². The molecule has 3 atom stereocenters. The Bertz CT molecular complexity index is 566. The zero-order chi connectivity index (χ0) is 19.4. The number of allylic oxidation sites excluding steroid dienone is 2. The largest absolute Gasteiger partial charge is 0.354 e. The summed E-state index contributed by atoms with van der Waals surface area (Å²) in [5.74, 6) is 0.0385. The molecule has 0 aromatic rings. The fourth-order valence-corrected chi connectivity index (χ4v) is 4.93. The Morgan fingerprint density at radius 2 is 1.70 bits per heavy atom. The Hall–Kier alpha value is -1.65. The second-order valence-electron chi connectivity index (χ2n) is 8.93. The molecule has 5 heteroatoms. The van der Waals surface area contributed by atoms with E-state index < -0.39 is 6.04 Å². The molecule has 5 nitrogen and oxygen atoms in total. The lowest BCUT2D eigenvalue weighted by Gasteiger charge is -2.27. The Balaban J connectivity index is 1.59. The van der Waals surface area contributed by atoms with E-state index in [1.165, 1.54) is 30.6 Å². The molecule has 0 radical (unpaired) electrons. The Labute approximate surface area is 162 Å². The first-order chi connectivity index (χ1) is 13.0. The van der Waals surface area contributed by atoms with Crippen LogP contribution in [0.25, 0.3) is 0 Å². The van der Waals surface area contributed by atoms with Gasteiger partial charge in [-0.3, -0.25) is 19.3 Å². The molecule has 1 saturated carbocycles. The van der Waals surface area contributed by atoms with Crippen LogP contribution in [-0.4, -0.2) is 35.2 Å². The monoisotopic (exact) mass is 374 g/mol. The maximum atomic E-state index is 12.9. The molecule has 1 aliphatic heterocycles. The van der Waals surface area contributed by atoms with Crippen molar-refractivity contribution in [1.29, 1.82) is 0 Å². The number of nitrogens with one attached hydrogen (secondary N) is 1. The van der Waals surface area contributed by atoms with Crippen LogP contribution in [0.2, 0.25) is 0 Å². The Kier molecular flexibility index (Phi) is 6.72. The van der Waals surface area contributed by atoms with E-state index in [9.17, 15) is 14.4 Å². The minimum Gasteiger partial charge on any atom is -0.354 e. The lowest BCUT2D eigenvalue weighted by atomic mass is 9.85. The van der Waals surface area contributed by atoms with Gasteiger partial charge < -0.3 is 5.32 Å². The third-order valence-corrected chi connectivity index (χ3v) is 6.41. The quantitative estimate of drug-likeness (QED) is 0.402. The number of hydrogen-bond donors (Lipinski definition) is 1. The van der Waals surface area contributed by atoms with Crippen LogP contribution >= 0.6 is 0 Å². The van der Waals surface area contributed by atoms with Gasteiger partial charge in [-0.15, -0.1) is 0 Å². The average molecular weight is 375 g/mol. The fraction of sp³-hybridized carbons (Fsp3) is 0.773. The molecule has 0 aromatic carbocycles. The molecule has 3 aliphatic rings. The molecule has 3 rings (SSSR count). The van der Waals surface area contributed by atoms with Gasteiger partial charge in [0, 0.05) is 6.54 Å². The highest BCUT2D eigenvalue weighted by Crippen LogP contribution is 2.37. The van der Waals surface area contributed by atoms with Crippen molar-refractivity contribution < 1.29 is 14.4 Å². The van der Waals surface area contributed by atoms with E-state index in [4.69, 9.17) is 0 Å². The number of rotatable bonds is 8. The van der Waals surface area contributed by atoms with Crippen molar-refractivity contribution in [1.82, 2.24) is 10.2 Å². The number of amides is 3. The van der Waals surface area contributed by atoms with E-state index in [0.29, 0.717) is 25.8 Å². The van der Waals surface area contributed by atoms with Crippen molar-refractivity contribution in [2.75, 3.05) is 6.54 Å². The summed E-state index contributed by atoms with van der Waals surface area (Å²) in [4.78, 5) is 39.9. The predicted molar refractivity (Wildman–Crippen MR) is 105 cm³/mol. The highest BCUT2D eigenvalue weighted by molar-refractivity contribution is 6.08. The predicted octanol–water partition coefficient (Wildman–Crippen LogP) is 3.44. The number of carbonyl (C=O) groups is 3. The zero-order valence-electron chi connectivity index (χ0n) is 16.8. The topological polar surface area (TPSA) is 66.5 Å². The summed E-state index contributed by atoms with van der Waals surface area (Å²) in [5.41, 5.74) is 0. The SMILES string of the molecule is CC(C)CC(C(=O)NCCCC1CCCC1)N1C(=O)C2CC=CCC2C1=O. The first-order valence-electron chi connectivity index (χ1n) is 10.8. The number of carbonyl (C=O) groups excluding carboxylic acids is 3. The van der Waals surface area contributed by atoms with Crippen molar-refractivity contribution in [2.24, 2.45) is 23.7 Å². The van der Waals surface area contributed by atoms with E-state index in [2.05, 4.69) is 5.32 Å². The lowest BCUT2D eigenvalue weighted by Crippen LogP contribution is -2.50. The maximum Gasteiger partial charge on any atom is 0.243 e. The number of nitrogens with zero attached hydrogens (tertiary/aromatic N) is 1. The van der Waals surface area contributed by atoms with Crippen molar-refractivity contribution in [3.05, 3.63) is 12.2 Å². The normalized spacial score (nSPS) is 26.7. The minimum atomic E-state index is -0.665. The summed E-state index contributed by atoms with van der Waals surface area (Å²) in [5, 5.41) is 3.01. The van der Waals surface area contributed by atoms with Gasteiger partial charge in [0.15, 0.2) is 0 Å². The second kappa shape index (κ2) is 9.03. The molecule has 0 spiro atoms. The molecule has 1 N–H and O–H groups in total. The van der Waals surface area contributed by atoms with Gasteiger partial charge in [0.1, 0.15) is 6.04 Å². The van der Waals surface area contributed by atoms with Crippen LogP contribution in [0, 0.1) is 23.7 Å². The Morgan fingerprint density at radius 1 is 1.11 bits per heavy atom. The minimum absolute atomic E-state index is 0.152. The molecule has 0 bridgehead atoms. The van der Waals surface area contributed by atoms with Gasteiger partial charge in [-0.2, -0.15) is 0 Å². The van der Waals surface area contributed by atoms with E-state index in [1.807, 2.05) is 26.0 Å². The van der Waals surface area contributed by atoms with Crippen LogP contribution in [-0.2, 0) is 14.4 Å². The third kappa shape index (κ3) is 4.61. The maximum absolute atomic E-state index is 12.9. The molecule has 27 heavy (non-hydrogen) atoms. The molecule has 2 aliphatic carbocycles. The summed E-state index contributed by atoms with van der Waals surface area (Å²) >= 11 is 0. The highest BCUT2D eigenvalue weighted by Gasteiger charge is 2.51. The van der Waals surface area contributed by atoms with Gasteiger partial charge in [-0.05, 0) is 43.9 Å².